The molecule has 0 aromatic carbocycles. The summed E-state index contributed by atoms with van der Waals surface area (Å²) in [6.07, 6.45) is 0.247. The van der Waals surface area contributed by atoms with Crippen molar-refractivity contribution in [2.24, 2.45) is 0 Å². The van der Waals surface area contributed by atoms with E-state index in [0.717, 1.165) is 5.56 Å². The second-order valence-corrected chi connectivity index (χ2v) is 5.08. The first kappa shape index (κ1) is 13.0. The van der Waals surface area contributed by atoms with Gasteiger partial charge in [-0.3, -0.25) is 4.79 Å². The summed E-state index contributed by atoms with van der Waals surface area (Å²) in [6, 6.07) is 0. The lowest BCUT2D eigenvalue weighted by Gasteiger charge is -2.12. The van der Waals surface area contributed by atoms with Crippen molar-refractivity contribution >= 4 is 23.2 Å². The van der Waals surface area contributed by atoms with Crippen molar-refractivity contribution in [2.75, 3.05) is 6.54 Å². The van der Waals surface area contributed by atoms with Crippen molar-refractivity contribution in [3.8, 4) is 0 Å². The molecule has 2 N–H and O–H groups in total. The number of ether oxygens (including phenoxy) is 1. The molecule has 1 saturated heterocycles. The first-order valence-electron chi connectivity index (χ1n) is 5.77. The fourth-order valence-corrected chi connectivity index (χ4v) is 2.76. The number of hydrogen-bond donors (Lipinski definition) is 2. The summed E-state index contributed by atoms with van der Waals surface area (Å²) in [4.78, 5) is 22.5. The van der Waals surface area contributed by atoms with E-state index in [9.17, 15) is 9.59 Å². The molecule has 0 radical (unpaired) electrons. The molecule has 0 bridgehead atoms. The van der Waals surface area contributed by atoms with E-state index >= 15 is 0 Å². The van der Waals surface area contributed by atoms with Crippen molar-refractivity contribution in [2.45, 2.75) is 32.0 Å². The number of aliphatic carboxylic acids is 1. The van der Waals surface area contributed by atoms with E-state index in [0.29, 0.717) is 24.9 Å². The molecule has 5 nitrogen and oxygen atoms in total. The Balaban J connectivity index is 1.81. The molecule has 2 rings (SSSR count). The van der Waals surface area contributed by atoms with Gasteiger partial charge >= 0.3 is 5.97 Å². The molecule has 98 valence electrons. The minimum atomic E-state index is -0.933. The summed E-state index contributed by atoms with van der Waals surface area (Å²) in [7, 11) is 0. The zero-order chi connectivity index (χ0) is 13.1. The van der Waals surface area contributed by atoms with Gasteiger partial charge in [0, 0.05) is 11.9 Å². The Morgan fingerprint density at radius 2 is 2.28 bits per heavy atom. The smallest absolute Gasteiger partial charge is 0.332 e. The van der Waals surface area contributed by atoms with Gasteiger partial charge in [0.2, 0.25) is 0 Å². The van der Waals surface area contributed by atoms with Crippen LogP contribution in [0.15, 0.2) is 10.8 Å². The summed E-state index contributed by atoms with van der Waals surface area (Å²) in [5, 5.41) is 15.3. The SMILES string of the molecule is Cc1cscc1C(=O)NCC1CCC(C(=O)O)O1. The largest absolute Gasteiger partial charge is 0.479 e. The number of carboxylic acids is 1. The molecule has 2 heterocycles. The Bertz CT molecular complexity index is 457. The summed E-state index contributed by atoms with van der Waals surface area (Å²) >= 11 is 1.49. The number of nitrogens with one attached hydrogen (secondary N) is 1. The quantitative estimate of drug-likeness (QED) is 0.866. The predicted molar refractivity (Wildman–Crippen MR) is 66.9 cm³/mol. The number of carbonyl (C=O) groups is 2. The molecule has 18 heavy (non-hydrogen) atoms. The summed E-state index contributed by atoms with van der Waals surface area (Å²) < 4.78 is 5.31. The monoisotopic (exact) mass is 269 g/mol. The van der Waals surface area contributed by atoms with Crippen LogP contribution in [0.3, 0.4) is 0 Å². The lowest BCUT2D eigenvalue weighted by atomic mass is 10.2. The van der Waals surface area contributed by atoms with Crippen molar-refractivity contribution in [1.82, 2.24) is 5.32 Å². The average Bonchev–Trinajstić information content (AvgIpc) is 2.94. The van der Waals surface area contributed by atoms with Crippen molar-refractivity contribution in [3.63, 3.8) is 0 Å². The molecule has 1 fully saturated rings. The van der Waals surface area contributed by atoms with Gasteiger partial charge in [-0.1, -0.05) is 0 Å². The second-order valence-electron chi connectivity index (χ2n) is 4.34. The summed E-state index contributed by atoms with van der Waals surface area (Å²) in [5.74, 6) is -1.06. The number of amides is 1. The Morgan fingerprint density at radius 3 is 2.83 bits per heavy atom. The highest BCUT2D eigenvalue weighted by Crippen LogP contribution is 2.19. The summed E-state index contributed by atoms with van der Waals surface area (Å²) in [6.45, 7) is 2.25. The fraction of sp³-hybridized carbons (Fsp3) is 0.500. The first-order chi connectivity index (χ1) is 8.58. The van der Waals surface area contributed by atoms with Crippen LogP contribution in [0, 0.1) is 6.92 Å². The molecule has 0 spiro atoms. The Morgan fingerprint density at radius 1 is 1.50 bits per heavy atom. The van der Waals surface area contributed by atoms with Crippen LogP contribution in [0.2, 0.25) is 0 Å². The molecule has 1 aliphatic heterocycles. The lowest BCUT2D eigenvalue weighted by Crippen LogP contribution is -2.33. The third kappa shape index (κ3) is 2.88. The van der Waals surface area contributed by atoms with Gasteiger partial charge in [-0.15, -0.1) is 0 Å². The van der Waals surface area contributed by atoms with Gasteiger partial charge in [0.1, 0.15) is 0 Å². The number of carbonyl (C=O) groups excluding carboxylic acids is 1. The Kier molecular flexibility index (Phi) is 3.98. The van der Waals surface area contributed by atoms with E-state index < -0.39 is 12.1 Å². The number of hydrogen-bond acceptors (Lipinski definition) is 4. The van der Waals surface area contributed by atoms with Crippen LogP contribution >= 0.6 is 11.3 Å². The standard InChI is InChI=1S/C12H15NO4S/c1-7-5-18-6-9(7)11(14)13-4-8-2-3-10(17-8)12(15)16/h5-6,8,10H,2-4H2,1H3,(H,13,14)(H,15,16). The van der Waals surface area contributed by atoms with E-state index in [1.807, 2.05) is 12.3 Å². The third-order valence-electron chi connectivity index (χ3n) is 2.97. The van der Waals surface area contributed by atoms with Crippen LogP contribution in [-0.4, -0.2) is 35.7 Å². The van der Waals surface area contributed by atoms with E-state index in [1.54, 1.807) is 5.38 Å². The van der Waals surface area contributed by atoms with Gasteiger partial charge in [0.25, 0.3) is 5.91 Å². The molecule has 0 saturated carbocycles. The summed E-state index contributed by atoms with van der Waals surface area (Å²) in [5.41, 5.74) is 1.63. The van der Waals surface area contributed by atoms with Crippen LogP contribution in [0.5, 0.6) is 0 Å². The topological polar surface area (TPSA) is 75.6 Å². The van der Waals surface area contributed by atoms with Gasteiger partial charge in [0.05, 0.1) is 11.7 Å². The zero-order valence-corrected chi connectivity index (χ0v) is 10.8. The number of aryl methyl sites for hydroxylation is 1. The second kappa shape index (κ2) is 5.49. The molecule has 1 amide bonds. The highest BCUT2D eigenvalue weighted by Gasteiger charge is 2.30. The van der Waals surface area contributed by atoms with Gasteiger partial charge in [0.15, 0.2) is 6.10 Å². The molecule has 6 heteroatoms. The number of thiophene rings is 1. The minimum absolute atomic E-state index is 0.129. The van der Waals surface area contributed by atoms with Crippen molar-refractivity contribution < 1.29 is 19.4 Å². The highest BCUT2D eigenvalue weighted by molar-refractivity contribution is 7.08. The Labute approximate surface area is 109 Å². The van der Waals surface area contributed by atoms with Crippen molar-refractivity contribution in [1.29, 1.82) is 0 Å². The maximum Gasteiger partial charge on any atom is 0.332 e. The van der Waals surface area contributed by atoms with Gasteiger partial charge in [-0.2, -0.15) is 11.3 Å². The third-order valence-corrected chi connectivity index (χ3v) is 3.83. The molecule has 1 aromatic heterocycles. The van der Waals surface area contributed by atoms with Crippen LogP contribution in [0.25, 0.3) is 0 Å². The van der Waals surface area contributed by atoms with Crippen LogP contribution < -0.4 is 5.32 Å². The lowest BCUT2D eigenvalue weighted by molar-refractivity contribution is -0.149. The molecular weight excluding hydrogens is 254 g/mol. The van der Waals surface area contributed by atoms with Crippen LogP contribution in [0.1, 0.15) is 28.8 Å². The Hall–Kier alpha value is -1.40. The maximum absolute atomic E-state index is 11.8. The molecule has 1 aromatic rings. The number of rotatable bonds is 4. The average molecular weight is 269 g/mol. The van der Waals surface area contributed by atoms with E-state index in [-0.39, 0.29) is 12.0 Å². The maximum atomic E-state index is 11.8. The van der Waals surface area contributed by atoms with Crippen LogP contribution in [-0.2, 0) is 9.53 Å². The molecule has 2 unspecified atom stereocenters. The van der Waals surface area contributed by atoms with Gasteiger partial charge in [-0.05, 0) is 30.7 Å². The predicted octanol–water partition coefficient (Wildman–Crippen LogP) is 1.42. The highest BCUT2D eigenvalue weighted by atomic mass is 32.1. The zero-order valence-electron chi connectivity index (χ0n) is 10.0. The van der Waals surface area contributed by atoms with Crippen LogP contribution in [0.4, 0.5) is 0 Å². The minimum Gasteiger partial charge on any atom is -0.479 e. The first-order valence-corrected chi connectivity index (χ1v) is 6.71. The van der Waals surface area contributed by atoms with Crippen molar-refractivity contribution in [3.05, 3.63) is 21.9 Å². The molecule has 1 aliphatic rings. The van der Waals surface area contributed by atoms with E-state index in [2.05, 4.69) is 5.32 Å². The molecule has 2 atom stereocenters. The van der Waals surface area contributed by atoms with Gasteiger partial charge in [-0.25, -0.2) is 4.79 Å². The number of carboxylic acid groups (broad SMARTS) is 1. The van der Waals surface area contributed by atoms with Gasteiger partial charge < -0.3 is 15.2 Å². The molecular formula is C12H15NO4S. The normalized spacial score (nSPS) is 22.9. The fourth-order valence-electron chi connectivity index (χ4n) is 1.93. The molecule has 0 aliphatic carbocycles. The van der Waals surface area contributed by atoms with E-state index in [4.69, 9.17) is 9.84 Å². The van der Waals surface area contributed by atoms with E-state index in [1.165, 1.54) is 11.3 Å².